The van der Waals surface area contributed by atoms with Crippen molar-refractivity contribution in [3.8, 4) is 11.1 Å². The van der Waals surface area contributed by atoms with Gasteiger partial charge in [0.05, 0.1) is 22.9 Å². The normalized spacial score (nSPS) is 10.9. The zero-order chi connectivity index (χ0) is 24.2. The first-order valence-corrected chi connectivity index (χ1v) is 13.0. The van der Waals surface area contributed by atoms with Crippen LogP contribution < -0.4 is 5.32 Å². The van der Waals surface area contributed by atoms with Crippen molar-refractivity contribution in [1.29, 1.82) is 0 Å². The highest BCUT2D eigenvalue weighted by molar-refractivity contribution is 7.99. The molecule has 4 rings (SSSR count). The second-order valence-electron chi connectivity index (χ2n) is 7.67. The van der Waals surface area contributed by atoms with Gasteiger partial charge in [-0.3, -0.25) is 4.79 Å². The van der Waals surface area contributed by atoms with Crippen LogP contribution in [0.4, 0.5) is 5.00 Å². The van der Waals surface area contributed by atoms with Crippen molar-refractivity contribution in [2.45, 2.75) is 25.8 Å². The molecule has 0 unspecified atom stereocenters. The monoisotopic (exact) mass is 510 g/mol. The number of aryl methyl sites for hydroxylation is 2. The lowest BCUT2D eigenvalue weighted by Crippen LogP contribution is -2.16. The van der Waals surface area contributed by atoms with Crippen LogP contribution in [0, 0.1) is 13.8 Å². The van der Waals surface area contributed by atoms with Gasteiger partial charge < -0.3 is 10.1 Å². The second-order valence-corrected chi connectivity index (χ2v) is 9.98. The van der Waals surface area contributed by atoms with E-state index in [9.17, 15) is 9.59 Å². The first-order chi connectivity index (χ1) is 16.4. The van der Waals surface area contributed by atoms with Crippen molar-refractivity contribution in [3.05, 3.63) is 75.6 Å². The molecule has 0 saturated carbocycles. The van der Waals surface area contributed by atoms with Gasteiger partial charge in [0.1, 0.15) is 10.6 Å². The predicted molar refractivity (Wildman–Crippen MR) is 141 cm³/mol. The van der Waals surface area contributed by atoms with E-state index in [4.69, 9.17) is 21.3 Å². The molecule has 2 heterocycles. The molecule has 0 saturated heterocycles. The molecule has 0 bridgehead atoms. The van der Waals surface area contributed by atoms with Crippen molar-refractivity contribution < 1.29 is 14.3 Å². The number of rotatable bonds is 7. The molecular formula is C26H23ClN2O3S2. The highest BCUT2D eigenvalue weighted by Crippen LogP contribution is 2.37. The molecular weight excluding hydrogens is 488 g/mol. The lowest BCUT2D eigenvalue weighted by Gasteiger charge is -2.10. The minimum absolute atomic E-state index is 0.167. The third-order valence-electron chi connectivity index (χ3n) is 5.25. The van der Waals surface area contributed by atoms with Gasteiger partial charge >= 0.3 is 5.97 Å². The average Bonchev–Trinajstić information content (AvgIpc) is 3.22. The van der Waals surface area contributed by atoms with Gasteiger partial charge in [-0.25, -0.2) is 9.78 Å². The molecule has 0 aliphatic heterocycles. The summed E-state index contributed by atoms with van der Waals surface area (Å²) < 4.78 is 5.26. The van der Waals surface area contributed by atoms with E-state index < -0.39 is 5.97 Å². The summed E-state index contributed by atoms with van der Waals surface area (Å²) in [5, 5.41) is 7.70. The van der Waals surface area contributed by atoms with Crippen LogP contribution in [0.25, 0.3) is 22.0 Å². The van der Waals surface area contributed by atoms with E-state index in [1.54, 1.807) is 19.1 Å². The molecule has 0 aliphatic carbocycles. The largest absolute Gasteiger partial charge is 0.462 e. The van der Waals surface area contributed by atoms with Crippen molar-refractivity contribution in [2.75, 3.05) is 17.7 Å². The Morgan fingerprint density at radius 2 is 1.88 bits per heavy atom. The van der Waals surface area contributed by atoms with Gasteiger partial charge in [-0.2, -0.15) is 0 Å². The van der Waals surface area contributed by atoms with Crippen molar-refractivity contribution in [3.63, 3.8) is 0 Å². The maximum absolute atomic E-state index is 12.8. The lowest BCUT2D eigenvalue weighted by molar-refractivity contribution is -0.113. The highest BCUT2D eigenvalue weighted by atomic mass is 35.5. The van der Waals surface area contributed by atoms with Crippen molar-refractivity contribution in [2.24, 2.45) is 0 Å². The molecule has 5 nitrogen and oxygen atoms in total. The van der Waals surface area contributed by atoms with Crippen LogP contribution in [-0.2, 0) is 9.53 Å². The molecule has 4 aromatic rings. The zero-order valence-corrected chi connectivity index (χ0v) is 21.4. The Hall–Kier alpha value is -2.87. The summed E-state index contributed by atoms with van der Waals surface area (Å²) in [5.41, 5.74) is 5.03. The Labute approximate surface area is 211 Å². The van der Waals surface area contributed by atoms with Gasteiger partial charge in [0.25, 0.3) is 0 Å². The van der Waals surface area contributed by atoms with Crippen molar-refractivity contribution in [1.82, 2.24) is 4.98 Å². The molecule has 1 N–H and O–H groups in total. The van der Waals surface area contributed by atoms with E-state index in [1.807, 2.05) is 49.6 Å². The number of nitrogens with one attached hydrogen (secondary N) is 1. The summed E-state index contributed by atoms with van der Waals surface area (Å²) in [6, 6.07) is 15.3. The van der Waals surface area contributed by atoms with Crippen LogP contribution >= 0.6 is 34.7 Å². The molecule has 0 atom stereocenters. The number of hydrogen-bond donors (Lipinski definition) is 1. The Kier molecular flexibility index (Phi) is 7.56. The number of pyridine rings is 1. The number of hydrogen-bond acceptors (Lipinski definition) is 6. The fourth-order valence-electron chi connectivity index (χ4n) is 3.60. The summed E-state index contributed by atoms with van der Waals surface area (Å²) in [4.78, 5) is 30.3. The van der Waals surface area contributed by atoms with Crippen LogP contribution in [0.15, 0.2) is 58.9 Å². The summed E-state index contributed by atoms with van der Waals surface area (Å²) in [6.07, 6.45) is 0. The standard InChI is InChI=1S/C26H23ClN2O3S2/c1-4-32-26(31)23-20(17-8-10-18(27)11-9-17)13-34-25(23)28-21(30)14-33-22-12-16(3)19-7-5-6-15(2)24(19)29-22/h5-13H,4,14H2,1-3H3,(H,28,30). The number of carbonyl (C=O) groups excluding carboxylic acids is 2. The number of nitrogens with zero attached hydrogens (tertiary/aromatic N) is 1. The van der Waals surface area contributed by atoms with E-state index in [0.717, 1.165) is 32.6 Å². The molecule has 34 heavy (non-hydrogen) atoms. The third-order valence-corrected chi connectivity index (χ3v) is 7.31. The van der Waals surface area contributed by atoms with Crippen molar-refractivity contribution >= 4 is 62.5 Å². The van der Waals surface area contributed by atoms with E-state index in [2.05, 4.69) is 11.4 Å². The molecule has 0 fully saturated rings. The second kappa shape index (κ2) is 10.6. The maximum atomic E-state index is 12.8. The fourth-order valence-corrected chi connectivity index (χ4v) is 5.47. The average molecular weight is 511 g/mol. The fraction of sp³-hybridized carbons (Fsp3) is 0.192. The number of para-hydroxylation sites is 1. The van der Waals surface area contributed by atoms with Crippen LogP contribution in [0.2, 0.25) is 5.02 Å². The van der Waals surface area contributed by atoms with Gasteiger partial charge in [-0.05, 0) is 55.7 Å². The smallest absolute Gasteiger partial charge is 0.341 e. The summed E-state index contributed by atoms with van der Waals surface area (Å²) in [6.45, 7) is 6.07. The maximum Gasteiger partial charge on any atom is 0.341 e. The van der Waals surface area contributed by atoms with Gasteiger partial charge in [-0.1, -0.05) is 53.7 Å². The number of aromatic nitrogens is 1. The van der Waals surface area contributed by atoms with Crippen LogP contribution in [0.5, 0.6) is 0 Å². The number of carbonyl (C=O) groups is 2. The number of anilines is 1. The van der Waals surface area contributed by atoms with Crippen LogP contribution in [0.3, 0.4) is 0 Å². The number of fused-ring (bicyclic) bond motifs is 1. The van der Waals surface area contributed by atoms with Gasteiger partial charge in [0, 0.05) is 21.4 Å². The number of esters is 1. The zero-order valence-electron chi connectivity index (χ0n) is 19.0. The van der Waals surface area contributed by atoms with Crippen LogP contribution in [-0.4, -0.2) is 29.2 Å². The number of benzene rings is 2. The molecule has 0 spiro atoms. The Morgan fingerprint density at radius 1 is 1.12 bits per heavy atom. The minimum Gasteiger partial charge on any atom is -0.462 e. The predicted octanol–water partition coefficient (Wildman–Crippen LogP) is 7.14. The molecule has 1 amide bonds. The van der Waals surface area contributed by atoms with Gasteiger partial charge in [0.2, 0.25) is 5.91 Å². The van der Waals surface area contributed by atoms with E-state index in [1.165, 1.54) is 23.1 Å². The molecule has 2 aromatic carbocycles. The summed E-state index contributed by atoms with van der Waals surface area (Å²) in [7, 11) is 0. The number of halogens is 1. The SMILES string of the molecule is CCOC(=O)c1c(-c2ccc(Cl)cc2)csc1NC(=O)CSc1cc(C)c2cccc(C)c2n1. The molecule has 8 heteroatoms. The summed E-state index contributed by atoms with van der Waals surface area (Å²) in [5.74, 6) is -0.524. The van der Waals surface area contributed by atoms with Crippen LogP contribution in [0.1, 0.15) is 28.4 Å². The first-order valence-electron chi connectivity index (χ1n) is 10.7. The van der Waals surface area contributed by atoms with E-state index in [-0.39, 0.29) is 18.3 Å². The number of thioether (sulfide) groups is 1. The molecule has 0 radical (unpaired) electrons. The lowest BCUT2D eigenvalue weighted by atomic mass is 10.0. The topological polar surface area (TPSA) is 68.3 Å². The first kappa shape index (κ1) is 24.3. The Bertz CT molecular complexity index is 1370. The minimum atomic E-state index is -0.473. The Morgan fingerprint density at radius 3 is 2.62 bits per heavy atom. The van der Waals surface area contributed by atoms with E-state index >= 15 is 0 Å². The van der Waals surface area contributed by atoms with E-state index in [0.29, 0.717) is 21.2 Å². The van der Waals surface area contributed by atoms with Gasteiger partial charge in [0.15, 0.2) is 0 Å². The molecule has 2 aromatic heterocycles. The molecule has 174 valence electrons. The summed E-state index contributed by atoms with van der Waals surface area (Å²) >= 11 is 8.67. The van der Waals surface area contributed by atoms with Gasteiger partial charge in [-0.15, -0.1) is 11.3 Å². The molecule has 0 aliphatic rings. The quantitative estimate of drug-likeness (QED) is 0.211. The third kappa shape index (κ3) is 5.27. The number of ether oxygens (including phenoxy) is 1. The number of thiophene rings is 1. The number of amides is 1. The Balaban J connectivity index is 1.54. The highest BCUT2D eigenvalue weighted by Gasteiger charge is 2.23.